The van der Waals surface area contributed by atoms with Gasteiger partial charge in [-0.2, -0.15) is 0 Å². The van der Waals surface area contributed by atoms with E-state index in [1.54, 1.807) is 6.07 Å². The predicted octanol–water partition coefficient (Wildman–Crippen LogP) is 2.85. The van der Waals surface area contributed by atoms with Crippen LogP contribution >= 0.6 is 11.6 Å². The molecule has 1 aromatic heterocycles. The molecule has 1 aliphatic carbocycles. The molecule has 2 aliphatic rings. The third-order valence-electron chi connectivity index (χ3n) is 4.32. The normalized spacial score (nSPS) is 23.1. The summed E-state index contributed by atoms with van der Waals surface area (Å²) in [5.41, 5.74) is 0.710. The first-order chi connectivity index (χ1) is 9.70. The van der Waals surface area contributed by atoms with E-state index in [9.17, 15) is 9.90 Å². The number of carbonyl (C=O) groups excluding carboxylic acids is 1. The number of likely N-dealkylation sites (tertiary alicyclic amines) is 1. The van der Waals surface area contributed by atoms with E-state index in [1.807, 2.05) is 15.7 Å². The van der Waals surface area contributed by atoms with Crippen molar-refractivity contribution in [3.8, 4) is 0 Å². The number of halogens is 1. The average molecular weight is 297 g/mol. The number of piperidine rings is 1. The van der Waals surface area contributed by atoms with E-state index in [4.69, 9.17) is 11.6 Å². The molecular weight excluding hydrogens is 276 g/mol. The zero-order valence-electron chi connectivity index (χ0n) is 11.6. The van der Waals surface area contributed by atoms with Crippen LogP contribution in [0.3, 0.4) is 0 Å². The molecule has 0 bridgehead atoms. The highest BCUT2D eigenvalue weighted by Gasteiger charge is 2.32. The molecule has 1 amide bonds. The Morgan fingerprint density at radius 1 is 1.35 bits per heavy atom. The van der Waals surface area contributed by atoms with Crippen LogP contribution in [0.25, 0.3) is 0 Å². The van der Waals surface area contributed by atoms with Crippen LogP contribution in [0.2, 0.25) is 5.02 Å². The molecule has 2 fully saturated rings. The highest BCUT2D eigenvalue weighted by molar-refractivity contribution is 6.31. The molecule has 110 valence electrons. The van der Waals surface area contributed by atoms with Gasteiger partial charge in [0.2, 0.25) is 0 Å². The smallest absolute Gasteiger partial charge is 0.270 e. The summed E-state index contributed by atoms with van der Waals surface area (Å²) in [7, 11) is 0. The first-order valence-electron chi connectivity index (χ1n) is 7.50. The van der Waals surface area contributed by atoms with E-state index >= 15 is 0 Å². The molecule has 1 aromatic rings. The molecule has 0 spiro atoms. The molecule has 3 rings (SSSR count). The van der Waals surface area contributed by atoms with Crippen molar-refractivity contribution in [2.75, 3.05) is 13.2 Å². The van der Waals surface area contributed by atoms with Crippen molar-refractivity contribution in [3.05, 3.63) is 23.0 Å². The molecule has 1 N–H and O–H groups in total. The average Bonchev–Trinajstić information content (AvgIpc) is 3.22. The van der Waals surface area contributed by atoms with Crippen LogP contribution in [-0.4, -0.2) is 39.7 Å². The van der Waals surface area contributed by atoms with Crippen LogP contribution in [0.5, 0.6) is 0 Å². The summed E-state index contributed by atoms with van der Waals surface area (Å²) >= 11 is 6.09. The van der Waals surface area contributed by atoms with Gasteiger partial charge in [0.25, 0.3) is 5.91 Å². The lowest BCUT2D eigenvalue weighted by molar-refractivity contribution is 0.0563. The summed E-state index contributed by atoms with van der Waals surface area (Å²) in [4.78, 5) is 14.8. The number of aliphatic hydroxyl groups excluding tert-OH is 1. The second kappa shape index (κ2) is 5.78. The molecule has 0 aromatic carbocycles. The van der Waals surface area contributed by atoms with Crippen molar-refractivity contribution in [1.29, 1.82) is 0 Å². The summed E-state index contributed by atoms with van der Waals surface area (Å²) < 4.78 is 2.04. The maximum Gasteiger partial charge on any atom is 0.270 e. The number of rotatable bonds is 4. The molecule has 2 heterocycles. The van der Waals surface area contributed by atoms with Crippen LogP contribution in [0, 0.1) is 0 Å². The van der Waals surface area contributed by atoms with Gasteiger partial charge in [-0.25, -0.2) is 0 Å². The minimum atomic E-state index is 0.0713. The second-order valence-corrected chi connectivity index (χ2v) is 6.28. The standard InChI is InChI=1S/C15H21ClN2O2/c16-11-9-14(18(10-11)13-4-5-13)15(20)17-7-2-1-3-12(17)6-8-19/h9-10,12-13,19H,1-8H2. The van der Waals surface area contributed by atoms with Gasteiger partial charge in [-0.15, -0.1) is 0 Å². The lowest BCUT2D eigenvalue weighted by atomic mass is 9.99. The number of aliphatic hydroxyl groups is 1. The van der Waals surface area contributed by atoms with Crippen molar-refractivity contribution >= 4 is 17.5 Å². The van der Waals surface area contributed by atoms with Crippen molar-refractivity contribution < 1.29 is 9.90 Å². The predicted molar refractivity (Wildman–Crippen MR) is 78.1 cm³/mol. The first kappa shape index (κ1) is 14.0. The van der Waals surface area contributed by atoms with Gasteiger partial charge in [-0.1, -0.05) is 11.6 Å². The zero-order valence-corrected chi connectivity index (χ0v) is 12.4. The maximum atomic E-state index is 12.8. The van der Waals surface area contributed by atoms with Crippen molar-refractivity contribution in [3.63, 3.8) is 0 Å². The summed E-state index contributed by atoms with van der Waals surface area (Å²) in [6.07, 6.45) is 7.98. The fourth-order valence-corrected chi connectivity index (χ4v) is 3.34. The number of amides is 1. The third-order valence-corrected chi connectivity index (χ3v) is 4.53. The number of nitrogens with zero attached hydrogens (tertiary/aromatic N) is 2. The second-order valence-electron chi connectivity index (χ2n) is 5.84. The number of hydrogen-bond donors (Lipinski definition) is 1. The van der Waals surface area contributed by atoms with Crippen LogP contribution in [-0.2, 0) is 0 Å². The van der Waals surface area contributed by atoms with Gasteiger partial charge in [0, 0.05) is 31.4 Å². The molecule has 1 saturated carbocycles. The van der Waals surface area contributed by atoms with Gasteiger partial charge in [-0.05, 0) is 44.6 Å². The van der Waals surface area contributed by atoms with E-state index in [1.165, 1.54) is 0 Å². The zero-order chi connectivity index (χ0) is 14.1. The van der Waals surface area contributed by atoms with Crippen molar-refractivity contribution in [2.24, 2.45) is 0 Å². The highest BCUT2D eigenvalue weighted by atomic mass is 35.5. The van der Waals surface area contributed by atoms with Gasteiger partial charge < -0.3 is 14.6 Å². The van der Waals surface area contributed by atoms with Crippen LogP contribution in [0.4, 0.5) is 0 Å². The molecule has 4 nitrogen and oxygen atoms in total. The molecule has 20 heavy (non-hydrogen) atoms. The summed E-state index contributed by atoms with van der Waals surface area (Å²) in [6, 6.07) is 2.40. The fraction of sp³-hybridized carbons (Fsp3) is 0.667. The summed E-state index contributed by atoms with van der Waals surface area (Å²) in [5, 5.41) is 9.82. The first-order valence-corrected chi connectivity index (χ1v) is 7.87. The lowest BCUT2D eigenvalue weighted by Crippen LogP contribution is -2.44. The van der Waals surface area contributed by atoms with Crippen LogP contribution in [0.1, 0.15) is 55.1 Å². The Bertz CT molecular complexity index is 494. The quantitative estimate of drug-likeness (QED) is 0.928. The van der Waals surface area contributed by atoms with E-state index in [2.05, 4.69) is 0 Å². The van der Waals surface area contributed by atoms with E-state index < -0.39 is 0 Å². The molecular formula is C15H21ClN2O2. The Morgan fingerprint density at radius 2 is 2.15 bits per heavy atom. The molecule has 1 saturated heterocycles. The lowest BCUT2D eigenvalue weighted by Gasteiger charge is -2.35. The minimum Gasteiger partial charge on any atom is -0.396 e. The van der Waals surface area contributed by atoms with Gasteiger partial charge in [-0.3, -0.25) is 4.79 Å². The SMILES string of the molecule is O=C(c1cc(Cl)cn1C1CC1)N1CCCCC1CCO. The Hall–Kier alpha value is -1.00. The van der Waals surface area contributed by atoms with Gasteiger partial charge in [0.15, 0.2) is 0 Å². The fourth-order valence-electron chi connectivity index (χ4n) is 3.14. The molecule has 1 unspecified atom stereocenters. The molecule has 5 heteroatoms. The van der Waals surface area contributed by atoms with Gasteiger partial charge in [0.05, 0.1) is 5.02 Å². The number of carbonyl (C=O) groups is 1. The van der Waals surface area contributed by atoms with E-state index in [-0.39, 0.29) is 18.6 Å². The largest absolute Gasteiger partial charge is 0.396 e. The Labute approximate surface area is 124 Å². The molecule has 1 aliphatic heterocycles. The summed E-state index contributed by atoms with van der Waals surface area (Å²) in [6.45, 7) is 0.926. The Morgan fingerprint density at radius 3 is 2.85 bits per heavy atom. The Balaban J connectivity index is 1.83. The van der Waals surface area contributed by atoms with Crippen molar-refractivity contribution in [2.45, 2.75) is 50.6 Å². The van der Waals surface area contributed by atoms with Crippen LogP contribution in [0.15, 0.2) is 12.3 Å². The molecule has 0 radical (unpaired) electrons. The Kier molecular flexibility index (Phi) is 4.03. The van der Waals surface area contributed by atoms with E-state index in [0.717, 1.165) is 38.6 Å². The third kappa shape index (κ3) is 2.72. The minimum absolute atomic E-state index is 0.0713. The summed E-state index contributed by atoms with van der Waals surface area (Å²) in [5.74, 6) is 0.0713. The van der Waals surface area contributed by atoms with Gasteiger partial charge >= 0.3 is 0 Å². The topological polar surface area (TPSA) is 45.5 Å². The van der Waals surface area contributed by atoms with Crippen molar-refractivity contribution in [1.82, 2.24) is 9.47 Å². The monoisotopic (exact) mass is 296 g/mol. The van der Waals surface area contributed by atoms with Crippen LogP contribution < -0.4 is 0 Å². The van der Waals surface area contributed by atoms with Gasteiger partial charge in [0.1, 0.15) is 5.69 Å². The number of aromatic nitrogens is 1. The van der Waals surface area contributed by atoms with E-state index in [0.29, 0.717) is 23.2 Å². The molecule has 1 atom stereocenters. The maximum absolute atomic E-state index is 12.8. The number of hydrogen-bond acceptors (Lipinski definition) is 2. The highest BCUT2D eigenvalue weighted by Crippen LogP contribution is 2.38.